The van der Waals surface area contributed by atoms with Gasteiger partial charge in [0.2, 0.25) is 0 Å². The van der Waals surface area contributed by atoms with Crippen LogP contribution in [0.1, 0.15) is 17.0 Å². The Labute approximate surface area is 126 Å². The minimum Gasteiger partial charge on any atom is -0.329 e. The summed E-state index contributed by atoms with van der Waals surface area (Å²) in [7, 11) is 0. The van der Waals surface area contributed by atoms with Crippen molar-refractivity contribution in [3.05, 3.63) is 40.2 Å². The fourth-order valence-corrected chi connectivity index (χ4v) is 3.07. The van der Waals surface area contributed by atoms with Crippen LogP contribution in [0.25, 0.3) is 0 Å². The molecule has 0 saturated carbocycles. The zero-order valence-electron chi connectivity index (χ0n) is 11.0. The summed E-state index contributed by atoms with van der Waals surface area (Å²) in [5, 5.41) is 18.4. The van der Waals surface area contributed by atoms with Crippen LogP contribution in [-0.2, 0) is 12.3 Å². The van der Waals surface area contributed by atoms with Gasteiger partial charge in [-0.1, -0.05) is 29.4 Å². The topological polar surface area (TPSA) is 80.5 Å². The molecule has 7 heteroatoms. The summed E-state index contributed by atoms with van der Waals surface area (Å²) >= 11 is 7.71. The lowest BCUT2D eigenvalue weighted by atomic mass is 10.2. The van der Waals surface area contributed by atoms with E-state index in [9.17, 15) is 0 Å². The molecule has 5 nitrogen and oxygen atoms in total. The van der Waals surface area contributed by atoms with Crippen LogP contribution >= 0.6 is 23.4 Å². The van der Waals surface area contributed by atoms with Crippen LogP contribution in [0.3, 0.4) is 0 Å². The molecule has 2 rings (SSSR count). The van der Waals surface area contributed by atoms with Gasteiger partial charge in [0.05, 0.1) is 11.6 Å². The molecule has 0 spiro atoms. The third-order valence-electron chi connectivity index (χ3n) is 2.79. The van der Waals surface area contributed by atoms with E-state index in [2.05, 4.69) is 16.3 Å². The Balaban J connectivity index is 2.11. The molecule has 20 heavy (non-hydrogen) atoms. The Hall–Kier alpha value is -1.55. The summed E-state index contributed by atoms with van der Waals surface area (Å²) in [5.74, 6) is 1.52. The Bertz CT molecular complexity index is 647. The predicted octanol–water partition coefficient (Wildman–Crippen LogP) is 2.36. The van der Waals surface area contributed by atoms with E-state index in [0.717, 1.165) is 16.5 Å². The maximum atomic E-state index is 8.81. The number of hydrogen-bond acceptors (Lipinski definition) is 5. The monoisotopic (exact) mass is 307 g/mol. The zero-order valence-corrected chi connectivity index (χ0v) is 12.6. The molecule has 0 atom stereocenters. The second-order valence-electron chi connectivity index (χ2n) is 4.18. The lowest BCUT2D eigenvalue weighted by molar-refractivity contribution is 0.627. The van der Waals surface area contributed by atoms with E-state index in [-0.39, 0.29) is 0 Å². The van der Waals surface area contributed by atoms with Crippen LogP contribution in [0.2, 0.25) is 5.02 Å². The summed E-state index contributed by atoms with van der Waals surface area (Å²) in [6.45, 7) is 3.15. The number of hydrogen-bond donors (Lipinski definition) is 1. The summed E-state index contributed by atoms with van der Waals surface area (Å²) in [4.78, 5) is 0. The van der Waals surface area contributed by atoms with Crippen molar-refractivity contribution in [1.82, 2.24) is 14.8 Å². The van der Waals surface area contributed by atoms with Crippen molar-refractivity contribution in [2.24, 2.45) is 5.73 Å². The van der Waals surface area contributed by atoms with Crippen molar-refractivity contribution in [3.63, 3.8) is 0 Å². The van der Waals surface area contributed by atoms with Crippen molar-refractivity contribution < 1.29 is 0 Å². The molecule has 104 valence electrons. The average molecular weight is 308 g/mol. The zero-order chi connectivity index (χ0) is 14.5. The number of halogens is 1. The third-order valence-corrected chi connectivity index (χ3v) is 4.16. The lowest BCUT2D eigenvalue weighted by Gasteiger charge is -2.07. The van der Waals surface area contributed by atoms with E-state index in [1.807, 2.05) is 17.6 Å². The number of nitrogens with two attached hydrogens (primary N) is 1. The number of thioether (sulfide) groups is 1. The summed E-state index contributed by atoms with van der Waals surface area (Å²) < 4.78 is 1.99. The highest BCUT2D eigenvalue weighted by Gasteiger charge is 2.10. The lowest BCUT2D eigenvalue weighted by Crippen LogP contribution is -2.12. The molecule has 0 radical (unpaired) electrons. The van der Waals surface area contributed by atoms with E-state index in [0.29, 0.717) is 29.4 Å². The molecule has 2 aromatic rings. The van der Waals surface area contributed by atoms with Crippen molar-refractivity contribution in [2.45, 2.75) is 24.4 Å². The number of aromatic nitrogens is 3. The van der Waals surface area contributed by atoms with Crippen molar-refractivity contribution >= 4 is 23.4 Å². The normalized spacial score (nSPS) is 10.5. The second-order valence-corrected chi connectivity index (χ2v) is 5.53. The van der Waals surface area contributed by atoms with Gasteiger partial charge in [0.25, 0.3) is 0 Å². The first-order chi connectivity index (χ1) is 9.65. The SMILES string of the molecule is Cc1nnc(SCc2ccc(C#N)cc2Cl)n1CCN. The standard InChI is InChI=1S/C13H14ClN5S/c1-9-17-18-13(19(9)5-4-15)20-8-11-3-2-10(7-16)6-12(11)14/h2-3,6H,4-5,8,15H2,1H3. The Kier molecular flexibility index (Phi) is 5.01. The first kappa shape index (κ1) is 14.9. The van der Waals surface area contributed by atoms with E-state index < -0.39 is 0 Å². The number of rotatable bonds is 5. The van der Waals surface area contributed by atoms with Gasteiger partial charge in [-0.15, -0.1) is 10.2 Å². The van der Waals surface area contributed by atoms with Crippen LogP contribution in [0.5, 0.6) is 0 Å². The Morgan fingerprint density at radius 3 is 2.90 bits per heavy atom. The van der Waals surface area contributed by atoms with Gasteiger partial charge < -0.3 is 10.3 Å². The number of nitrogens with zero attached hydrogens (tertiary/aromatic N) is 4. The second kappa shape index (κ2) is 6.75. The van der Waals surface area contributed by atoms with E-state index in [1.54, 1.807) is 23.9 Å². The molecule has 0 unspecified atom stereocenters. The molecule has 0 aliphatic heterocycles. The molecule has 1 heterocycles. The summed E-state index contributed by atoms with van der Waals surface area (Å²) in [5.41, 5.74) is 7.11. The van der Waals surface area contributed by atoms with Gasteiger partial charge in [-0.3, -0.25) is 0 Å². The molecular weight excluding hydrogens is 294 g/mol. The average Bonchev–Trinajstić information content (AvgIpc) is 2.79. The first-order valence-corrected chi connectivity index (χ1v) is 7.43. The molecule has 1 aromatic heterocycles. The van der Waals surface area contributed by atoms with Crippen LogP contribution in [0.4, 0.5) is 0 Å². The molecule has 0 fully saturated rings. The molecule has 0 bridgehead atoms. The van der Waals surface area contributed by atoms with Crippen molar-refractivity contribution in [1.29, 1.82) is 5.26 Å². The van der Waals surface area contributed by atoms with Crippen molar-refractivity contribution in [2.75, 3.05) is 6.54 Å². The number of aryl methyl sites for hydroxylation is 1. The highest BCUT2D eigenvalue weighted by Crippen LogP contribution is 2.26. The smallest absolute Gasteiger partial charge is 0.191 e. The predicted molar refractivity (Wildman–Crippen MR) is 79.5 cm³/mol. The van der Waals surface area contributed by atoms with E-state index in [4.69, 9.17) is 22.6 Å². The van der Waals surface area contributed by atoms with E-state index >= 15 is 0 Å². The molecular formula is C13H14ClN5S. The Morgan fingerprint density at radius 2 is 2.25 bits per heavy atom. The highest BCUT2D eigenvalue weighted by atomic mass is 35.5. The minimum absolute atomic E-state index is 0.546. The molecule has 0 aliphatic rings. The maximum absolute atomic E-state index is 8.81. The quantitative estimate of drug-likeness (QED) is 0.858. The first-order valence-electron chi connectivity index (χ1n) is 6.07. The summed E-state index contributed by atoms with van der Waals surface area (Å²) in [6, 6.07) is 7.37. The maximum Gasteiger partial charge on any atom is 0.191 e. The van der Waals surface area contributed by atoms with Crippen LogP contribution in [-0.4, -0.2) is 21.3 Å². The van der Waals surface area contributed by atoms with Gasteiger partial charge >= 0.3 is 0 Å². The van der Waals surface area contributed by atoms with Crippen LogP contribution in [0.15, 0.2) is 23.4 Å². The molecule has 1 aromatic carbocycles. The van der Waals surface area contributed by atoms with Gasteiger partial charge in [0.1, 0.15) is 5.82 Å². The Morgan fingerprint density at radius 1 is 1.45 bits per heavy atom. The molecule has 0 saturated heterocycles. The highest BCUT2D eigenvalue weighted by molar-refractivity contribution is 7.98. The van der Waals surface area contributed by atoms with E-state index in [1.165, 1.54) is 0 Å². The van der Waals surface area contributed by atoms with Crippen molar-refractivity contribution in [3.8, 4) is 6.07 Å². The van der Waals surface area contributed by atoms with Gasteiger partial charge in [-0.05, 0) is 24.6 Å². The minimum atomic E-state index is 0.546. The van der Waals surface area contributed by atoms with Crippen LogP contribution < -0.4 is 5.73 Å². The number of nitriles is 1. The fraction of sp³-hybridized carbons (Fsp3) is 0.308. The fourth-order valence-electron chi connectivity index (χ4n) is 1.73. The molecule has 2 N–H and O–H groups in total. The molecule has 0 amide bonds. The summed E-state index contributed by atoms with van der Waals surface area (Å²) in [6.07, 6.45) is 0. The van der Waals surface area contributed by atoms with Gasteiger partial charge in [0, 0.05) is 23.9 Å². The van der Waals surface area contributed by atoms with Gasteiger partial charge in [0.15, 0.2) is 5.16 Å². The van der Waals surface area contributed by atoms with Gasteiger partial charge in [-0.25, -0.2) is 0 Å². The largest absolute Gasteiger partial charge is 0.329 e. The number of benzene rings is 1. The van der Waals surface area contributed by atoms with Gasteiger partial charge in [-0.2, -0.15) is 5.26 Å². The molecule has 0 aliphatic carbocycles. The third kappa shape index (κ3) is 3.31. The van der Waals surface area contributed by atoms with Crippen LogP contribution in [0, 0.1) is 18.3 Å².